The van der Waals surface area contributed by atoms with Gasteiger partial charge in [-0.05, 0) is 31.5 Å². The van der Waals surface area contributed by atoms with Crippen molar-refractivity contribution in [1.29, 1.82) is 0 Å². The average molecular weight is 276 g/mol. The number of aryl methyl sites for hydroxylation is 1. The van der Waals surface area contributed by atoms with E-state index >= 15 is 0 Å². The molecule has 0 aliphatic rings. The van der Waals surface area contributed by atoms with Crippen LogP contribution in [-0.2, 0) is 0 Å². The molecule has 0 heterocycles. The Labute approximate surface area is 123 Å². The molecule has 0 aliphatic heterocycles. The van der Waals surface area contributed by atoms with E-state index in [9.17, 15) is 0 Å². The summed E-state index contributed by atoms with van der Waals surface area (Å²) in [6.07, 6.45) is 0. The molecule has 0 saturated carbocycles. The Kier molecular flexibility index (Phi) is 6.36. The minimum Gasteiger partial charge on any atom is -0.370 e. The van der Waals surface area contributed by atoms with Crippen molar-refractivity contribution < 1.29 is 0 Å². The third kappa shape index (κ3) is 4.76. The van der Waals surface area contributed by atoms with Crippen LogP contribution in [-0.4, -0.2) is 63.6 Å². The Morgan fingerprint density at radius 2 is 1.75 bits per heavy atom. The highest BCUT2D eigenvalue weighted by molar-refractivity contribution is 5.79. The summed E-state index contributed by atoms with van der Waals surface area (Å²) in [5.74, 6) is 1.00. The van der Waals surface area contributed by atoms with Gasteiger partial charge in [0.2, 0.25) is 0 Å². The molecule has 4 heteroatoms. The van der Waals surface area contributed by atoms with Crippen LogP contribution in [0.4, 0.5) is 5.69 Å². The maximum Gasteiger partial charge on any atom is 0.195 e. The van der Waals surface area contributed by atoms with E-state index in [1.165, 1.54) is 11.3 Å². The fourth-order valence-electron chi connectivity index (χ4n) is 2.25. The van der Waals surface area contributed by atoms with Gasteiger partial charge < -0.3 is 14.7 Å². The molecule has 0 atom stereocenters. The Morgan fingerprint density at radius 1 is 1.10 bits per heavy atom. The molecule has 0 aromatic heterocycles. The van der Waals surface area contributed by atoms with Gasteiger partial charge in [0.05, 0.1) is 6.54 Å². The fourth-order valence-corrected chi connectivity index (χ4v) is 2.25. The smallest absolute Gasteiger partial charge is 0.195 e. The molecule has 0 unspecified atom stereocenters. The second kappa shape index (κ2) is 7.78. The molecule has 0 saturated heterocycles. The third-order valence-corrected chi connectivity index (χ3v) is 3.17. The highest BCUT2D eigenvalue weighted by Gasteiger charge is 2.06. The molecule has 1 rings (SSSR count). The van der Waals surface area contributed by atoms with Gasteiger partial charge in [-0.3, -0.25) is 4.99 Å². The van der Waals surface area contributed by atoms with Crippen LogP contribution in [0.3, 0.4) is 0 Å². The van der Waals surface area contributed by atoms with Crippen LogP contribution < -0.4 is 4.90 Å². The second-order valence-electron chi connectivity index (χ2n) is 5.39. The van der Waals surface area contributed by atoms with Crippen molar-refractivity contribution in [3.63, 3.8) is 0 Å². The largest absolute Gasteiger partial charge is 0.370 e. The molecule has 0 bridgehead atoms. The van der Waals surface area contributed by atoms with Crippen molar-refractivity contribution in [3.8, 4) is 0 Å². The molecular weight excluding hydrogens is 248 g/mol. The quantitative estimate of drug-likeness (QED) is 0.608. The van der Waals surface area contributed by atoms with Crippen LogP contribution in [0, 0.1) is 6.92 Å². The summed E-state index contributed by atoms with van der Waals surface area (Å²) in [6, 6.07) is 8.64. The maximum atomic E-state index is 4.69. The van der Waals surface area contributed by atoms with Gasteiger partial charge in [0.25, 0.3) is 0 Å². The Bertz CT molecular complexity index is 428. The van der Waals surface area contributed by atoms with Crippen LogP contribution in [0.5, 0.6) is 0 Å². The molecule has 0 fully saturated rings. The van der Waals surface area contributed by atoms with Crippen LogP contribution in [0.15, 0.2) is 29.3 Å². The van der Waals surface area contributed by atoms with Crippen molar-refractivity contribution in [2.75, 3.05) is 52.7 Å². The topological polar surface area (TPSA) is 22.1 Å². The minimum absolute atomic E-state index is 0.799. The van der Waals surface area contributed by atoms with Gasteiger partial charge in [-0.1, -0.05) is 12.1 Å². The highest BCUT2D eigenvalue weighted by Crippen LogP contribution is 2.15. The number of benzene rings is 1. The molecule has 0 radical (unpaired) electrons. The predicted molar refractivity (Wildman–Crippen MR) is 88.7 cm³/mol. The molecule has 4 nitrogen and oxygen atoms in total. The molecule has 0 amide bonds. The van der Waals surface area contributed by atoms with Crippen molar-refractivity contribution in [2.24, 2.45) is 4.99 Å². The van der Waals surface area contributed by atoms with Crippen molar-refractivity contribution in [3.05, 3.63) is 29.8 Å². The van der Waals surface area contributed by atoms with E-state index in [0.29, 0.717) is 0 Å². The first kappa shape index (κ1) is 16.3. The number of hydrogen-bond acceptors (Lipinski definition) is 2. The average Bonchev–Trinajstić information content (AvgIpc) is 2.38. The van der Waals surface area contributed by atoms with Gasteiger partial charge in [0.15, 0.2) is 5.96 Å². The highest BCUT2D eigenvalue weighted by atomic mass is 15.3. The standard InChI is InChI=1S/C16H28N4/c1-7-20(15-10-8-9-14(2)13-15)12-11-17-16(18(3)4)19(5)6/h8-10,13H,7,11-12H2,1-6H3. The van der Waals surface area contributed by atoms with Crippen molar-refractivity contribution in [1.82, 2.24) is 9.80 Å². The first-order valence-electron chi connectivity index (χ1n) is 7.16. The van der Waals surface area contributed by atoms with Gasteiger partial charge in [-0.25, -0.2) is 0 Å². The van der Waals surface area contributed by atoms with E-state index in [0.717, 1.165) is 25.6 Å². The molecule has 1 aromatic carbocycles. The van der Waals surface area contributed by atoms with Crippen molar-refractivity contribution >= 4 is 11.6 Å². The predicted octanol–water partition coefficient (Wildman–Crippen LogP) is 2.30. The lowest BCUT2D eigenvalue weighted by Gasteiger charge is -2.25. The lowest BCUT2D eigenvalue weighted by atomic mass is 10.2. The summed E-state index contributed by atoms with van der Waals surface area (Å²) >= 11 is 0. The second-order valence-corrected chi connectivity index (χ2v) is 5.39. The molecule has 1 aromatic rings. The monoisotopic (exact) mass is 276 g/mol. The number of rotatable bonds is 5. The first-order valence-corrected chi connectivity index (χ1v) is 7.16. The van der Waals surface area contributed by atoms with E-state index in [2.05, 4.69) is 48.0 Å². The number of nitrogens with zero attached hydrogens (tertiary/aromatic N) is 4. The van der Waals surface area contributed by atoms with Gasteiger partial charge in [-0.15, -0.1) is 0 Å². The molecule has 0 spiro atoms. The molecular formula is C16H28N4. The summed E-state index contributed by atoms with van der Waals surface area (Å²) in [5, 5.41) is 0. The first-order chi connectivity index (χ1) is 9.45. The van der Waals surface area contributed by atoms with E-state index in [-0.39, 0.29) is 0 Å². The van der Waals surface area contributed by atoms with Gasteiger partial charge in [-0.2, -0.15) is 0 Å². The zero-order valence-electron chi connectivity index (χ0n) is 13.7. The molecule has 112 valence electrons. The Balaban J connectivity index is 2.68. The minimum atomic E-state index is 0.799. The number of anilines is 1. The number of aliphatic imine (C=N–C) groups is 1. The summed E-state index contributed by atoms with van der Waals surface area (Å²) in [4.78, 5) is 11.1. The van der Waals surface area contributed by atoms with Crippen LogP contribution in [0.1, 0.15) is 12.5 Å². The summed E-state index contributed by atoms with van der Waals surface area (Å²) in [6.45, 7) is 7.05. The van der Waals surface area contributed by atoms with Crippen LogP contribution >= 0.6 is 0 Å². The van der Waals surface area contributed by atoms with E-state index in [4.69, 9.17) is 0 Å². The molecule has 20 heavy (non-hydrogen) atoms. The van der Waals surface area contributed by atoms with Gasteiger partial charge in [0, 0.05) is 47.0 Å². The van der Waals surface area contributed by atoms with Gasteiger partial charge in [0.1, 0.15) is 0 Å². The summed E-state index contributed by atoms with van der Waals surface area (Å²) in [5.41, 5.74) is 2.57. The lowest BCUT2D eigenvalue weighted by molar-refractivity contribution is 0.479. The SMILES string of the molecule is CCN(CCN=C(N(C)C)N(C)C)c1cccc(C)c1. The zero-order valence-corrected chi connectivity index (χ0v) is 13.7. The number of guanidine groups is 1. The van der Waals surface area contributed by atoms with Crippen molar-refractivity contribution in [2.45, 2.75) is 13.8 Å². The van der Waals surface area contributed by atoms with Crippen LogP contribution in [0.25, 0.3) is 0 Å². The summed E-state index contributed by atoms with van der Waals surface area (Å²) < 4.78 is 0. The van der Waals surface area contributed by atoms with E-state index in [1.54, 1.807) is 0 Å². The Hall–Kier alpha value is -1.71. The normalized spacial score (nSPS) is 10.1. The van der Waals surface area contributed by atoms with Gasteiger partial charge >= 0.3 is 0 Å². The lowest BCUT2D eigenvalue weighted by Crippen LogP contribution is -2.36. The Morgan fingerprint density at radius 3 is 2.25 bits per heavy atom. The van der Waals surface area contributed by atoms with E-state index in [1.807, 2.05) is 38.0 Å². The van der Waals surface area contributed by atoms with Crippen LogP contribution in [0.2, 0.25) is 0 Å². The maximum absolute atomic E-state index is 4.69. The molecule has 0 N–H and O–H groups in total. The number of likely N-dealkylation sites (N-methyl/N-ethyl adjacent to an activating group) is 1. The zero-order chi connectivity index (χ0) is 15.1. The fraction of sp³-hybridized carbons (Fsp3) is 0.562. The third-order valence-electron chi connectivity index (χ3n) is 3.17. The summed E-state index contributed by atoms with van der Waals surface area (Å²) in [7, 11) is 8.10. The molecule has 0 aliphatic carbocycles. The van der Waals surface area contributed by atoms with E-state index < -0.39 is 0 Å². The number of hydrogen-bond donors (Lipinski definition) is 0.